The van der Waals surface area contributed by atoms with Gasteiger partial charge < -0.3 is 10.1 Å². The first-order valence-electron chi connectivity index (χ1n) is 5.62. The van der Waals surface area contributed by atoms with Gasteiger partial charge in [-0.1, -0.05) is 0 Å². The molecule has 0 aliphatic rings. The summed E-state index contributed by atoms with van der Waals surface area (Å²) < 4.78 is 31.1. The van der Waals surface area contributed by atoms with E-state index in [9.17, 15) is 13.6 Å². The largest absolute Gasteiger partial charge is 0.385 e. The minimum absolute atomic E-state index is 0.194. The number of ether oxygens (including phenoxy) is 1. The van der Waals surface area contributed by atoms with Crippen molar-refractivity contribution in [2.24, 2.45) is 0 Å². The fraction of sp³-hybridized carbons (Fsp3) is 0.636. The molecule has 1 rings (SSSR count). The normalized spacial score (nSPS) is 10.9. The lowest BCUT2D eigenvalue weighted by atomic mass is 10.4. The fourth-order valence-corrected chi connectivity index (χ4v) is 1.50. The zero-order valence-corrected chi connectivity index (χ0v) is 10.4. The molecule has 5 nitrogen and oxygen atoms in total. The fourth-order valence-electron chi connectivity index (χ4n) is 1.50. The van der Waals surface area contributed by atoms with Crippen molar-refractivity contribution in [3.05, 3.63) is 17.5 Å². The molecule has 0 aliphatic carbocycles. The smallest absolute Gasteiger partial charge is 0.280 e. The number of aryl methyl sites for hydroxylation is 1. The molecule has 1 aromatic rings. The number of nitrogens with zero attached hydrogens (tertiary/aromatic N) is 2. The summed E-state index contributed by atoms with van der Waals surface area (Å²) in [5, 5.41) is 6.48. The van der Waals surface area contributed by atoms with Gasteiger partial charge in [0.25, 0.3) is 6.43 Å². The maximum Gasteiger partial charge on any atom is 0.280 e. The van der Waals surface area contributed by atoms with Crippen molar-refractivity contribution in [3.63, 3.8) is 0 Å². The lowest BCUT2D eigenvalue weighted by Gasteiger charge is -2.07. The molecular weight excluding hydrogens is 244 g/mol. The van der Waals surface area contributed by atoms with Gasteiger partial charge in [0.05, 0.1) is 5.69 Å². The average Bonchev–Trinajstić information content (AvgIpc) is 2.66. The Morgan fingerprint density at radius 2 is 2.33 bits per heavy atom. The van der Waals surface area contributed by atoms with Crippen molar-refractivity contribution in [2.45, 2.75) is 26.3 Å². The van der Waals surface area contributed by atoms with E-state index in [0.29, 0.717) is 25.3 Å². The Bertz CT molecular complexity index is 394. The summed E-state index contributed by atoms with van der Waals surface area (Å²) in [5.74, 6) is -0.337. The van der Waals surface area contributed by atoms with Crippen LogP contribution in [0.4, 0.5) is 8.78 Å². The van der Waals surface area contributed by atoms with Gasteiger partial charge in [-0.2, -0.15) is 5.10 Å². The molecular formula is C11H17F2N3O2. The Morgan fingerprint density at radius 3 is 2.94 bits per heavy atom. The molecule has 18 heavy (non-hydrogen) atoms. The van der Waals surface area contributed by atoms with Crippen molar-refractivity contribution in [3.8, 4) is 0 Å². The SMILES string of the molecule is COCCCNC(=O)Cn1nc(C)cc1C(F)F. The van der Waals surface area contributed by atoms with Gasteiger partial charge in [-0.15, -0.1) is 0 Å². The highest BCUT2D eigenvalue weighted by molar-refractivity contribution is 5.75. The van der Waals surface area contributed by atoms with Gasteiger partial charge in [0.2, 0.25) is 5.91 Å². The molecule has 0 atom stereocenters. The lowest BCUT2D eigenvalue weighted by molar-refractivity contribution is -0.121. The first kappa shape index (κ1) is 14.6. The van der Waals surface area contributed by atoms with Crippen molar-refractivity contribution in [2.75, 3.05) is 20.3 Å². The zero-order valence-electron chi connectivity index (χ0n) is 10.4. The summed E-state index contributed by atoms with van der Waals surface area (Å²) in [6.45, 7) is 2.42. The van der Waals surface area contributed by atoms with E-state index < -0.39 is 6.43 Å². The minimum atomic E-state index is -2.63. The average molecular weight is 261 g/mol. The van der Waals surface area contributed by atoms with E-state index in [2.05, 4.69) is 10.4 Å². The second-order valence-corrected chi connectivity index (χ2v) is 3.87. The minimum Gasteiger partial charge on any atom is -0.385 e. The summed E-state index contributed by atoms with van der Waals surface area (Å²) in [5.41, 5.74) is 0.233. The molecule has 0 aliphatic heterocycles. The van der Waals surface area contributed by atoms with Crippen LogP contribution in [-0.2, 0) is 16.1 Å². The Kier molecular flexibility index (Phi) is 5.70. The molecule has 0 saturated carbocycles. The number of nitrogens with one attached hydrogen (secondary N) is 1. The molecule has 0 saturated heterocycles. The van der Waals surface area contributed by atoms with E-state index in [1.807, 2.05) is 0 Å². The molecule has 102 valence electrons. The van der Waals surface area contributed by atoms with Crippen LogP contribution < -0.4 is 5.32 Å². The standard InChI is InChI=1S/C11H17F2N3O2/c1-8-6-9(11(12)13)16(15-8)7-10(17)14-4-3-5-18-2/h6,11H,3-5,7H2,1-2H3,(H,14,17). The number of alkyl halides is 2. The molecule has 0 fully saturated rings. The summed E-state index contributed by atoms with van der Waals surface area (Å²) in [4.78, 5) is 11.5. The number of amides is 1. The van der Waals surface area contributed by atoms with E-state index in [4.69, 9.17) is 4.74 Å². The van der Waals surface area contributed by atoms with Gasteiger partial charge in [0.1, 0.15) is 12.2 Å². The number of hydrogen-bond donors (Lipinski definition) is 1. The van der Waals surface area contributed by atoms with Crippen LogP contribution in [0.3, 0.4) is 0 Å². The van der Waals surface area contributed by atoms with Crippen molar-refractivity contribution >= 4 is 5.91 Å². The highest BCUT2D eigenvalue weighted by Crippen LogP contribution is 2.19. The van der Waals surface area contributed by atoms with Crippen molar-refractivity contribution < 1.29 is 18.3 Å². The van der Waals surface area contributed by atoms with E-state index in [1.54, 1.807) is 14.0 Å². The maximum absolute atomic E-state index is 12.6. The quantitative estimate of drug-likeness (QED) is 0.752. The number of aromatic nitrogens is 2. The van der Waals surface area contributed by atoms with Gasteiger partial charge in [0, 0.05) is 20.3 Å². The first-order chi connectivity index (χ1) is 8.54. The Labute approximate surface area is 104 Å². The first-order valence-corrected chi connectivity index (χ1v) is 5.62. The number of halogens is 2. The predicted molar refractivity (Wildman–Crippen MR) is 61.4 cm³/mol. The van der Waals surface area contributed by atoms with Crippen molar-refractivity contribution in [1.82, 2.24) is 15.1 Å². The molecule has 0 bridgehead atoms. The molecule has 0 aromatic carbocycles. The van der Waals surface area contributed by atoms with Crippen LogP contribution in [0.1, 0.15) is 24.2 Å². The topological polar surface area (TPSA) is 56.1 Å². The maximum atomic E-state index is 12.6. The van der Waals surface area contributed by atoms with Crippen LogP contribution in [-0.4, -0.2) is 35.9 Å². The second kappa shape index (κ2) is 7.05. The lowest BCUT2D eigenvalue weighted by Crippen LogP contribution is -2.30. The number of rotatable bonds is 7. The Balaban J connectivity index is 2.48. The van der Waals surface area contributed by atoms with Crippen LogP contribution in [0.15, 0.2) is 6.07 Å². The summed E-state index contributed by atoms with van der Waals surface area (Å²) >= 11 is 0. The molecule has 1 amide bonds. The van der Waals surface area contributed by atoms with Gasteiger partial charge in [-0.3, -0.25) is 9.48 Å². The third-order valence-corrected chi connectivity index (χ3v) is 2.30. The summed E-state index contributed by atoms with van der Waals surface area (Å²) in [6, 6.07) is 1.28. The highest BCUT2D eigenvalue weighted by atomic mass is 19.3. The van der Waals surface area contributed by atoms with E-state index >= 15 is 0 Å². The molecule has 1 N–H and O–H groups in total. The van der Waals surface area contributed by atoms with E-state index in [0.717, 1.165) is 4.68 Å². The van der Waals surface area contributed by atoms with Gasteiger partial charge in [-0.05, 0) is 19.4 Å². The van der Waals surface area contributed by atoms with Crippen LogP contribution in [0, 0.1) is 6.92 Å². The molecule has 1 aromatic heterocycles. The molecule has 1 heterocycles. The number of hydrogen-bond acceptors (Lipinski definition) is 3. The van der Waals surface area contributed by atoms with Gasteiger partial charge in [0.15, 0.2) is 0 Å². The van der Waals surface area contributed by atoms with Gasteiger partial charge in [-0.25, -0.2) is 8.78 Å². The predicted octanol–water partition coefficient (Wildman–Crippen LogP) is 1.28. The van der Waals surface area contributed by atoms with Crippen LogP contribution in [0.5, 0.6) is 0 Å². The Hall–Kier alpha value is -1.50. The van der Waals surface area contributed by atoms with Crippen molar-refractivity contribution in [1.29, 1.82) is 0 Å². The number of carbonyl (C=O) groups excluding carboxylic acids is 1. The second-order valence-electron chi connectivity index (χ2n) is 3.87. The Morgan fingerprint density at radius 1 is 1.61 bits per heavy atom. The third-order valence-electron chi connectivity index (χ3n) is 2.30. The molecule has 0 radical (unpaired) electrons. The molecule has 0 spiro atoms. The third kappa shape index (κ3) is 4.40. The zero-order chi connectivity index (χ0) is 13.5. The van der Waals surface area contributed by atoms with E-state index in [-0.39, 0.29) is 18.1 Å². The summed E-state index contributed by atoms with van der Waals surface area (Å²) in [7, 11) is 1.57. The van der Waals surface area contributed by atoms with Crippen LogP contribution >= 0.6 is 0 Å². The van der Waals surface area contributed by atoms with E-state index in [1.165, 1.54) is 6.07 Å². The molecule has 7 heteroatoms. The number of methoxy groups -OCH3 is 1. The monoisotopic (exact) mass is 261 g/mol. The highest BCUT2D eigenvalue weighted by Gasteiger charge is 2.16. The molecule has 0 unspecified atom stereocenters. The van der Waals surface area contributed by atoms with Gasteiger partial charge >= 0.3 is 0 Å². The summed E-state index contributed by atoms with van der Waals surface area (Å²) in [6.07, 6.45) is -1.95. The van der Waals surface area contributed by atoms with Crippen LogP contribution in [0.25, 0.3) is 0 Å². The van der Waals surface area contributed by atoms with Crippen LogP contribution in [0.2, 0.25) is 0 Å². The number of carbonyl (C=O) groups is 1.